The number of allylic oxidation sites excluding steroid dienone is 1. The molecule has 4 rings (SSSR count). The average Bonchev–Trinajstić information content (AvgIpc) is 2.91. The second-order valence-electron chi connectivity index (χ2n) is 10.0. The van der Waals surface area contributed by atoms with Gasteiger partial charge in [0.15, 0.2) is 0 Å². The fourth-order valence-corrected chi connectivity index (χ4v) is 5.30. The van der Waals surface area contributed by atoms with Crippen molar-refractivity contribution < 1.29 is 23.9 Å². The van der Waals surface area contributed by atoms with Crippen LogP contribution in [0.1, 0.15) is 66.1 Å². The summed E-state index contributed by atoms with van der Waals surface area (Å²) in [6, 6.07) is 15.1. The molecule has 200 valence electrons. The number of amides is 3. The van der Waals surface area contributed by atoms with Crippen LogP contribution in [0.15, 0.2) is 59.8 Å². The smallest absolute Gasteiger partial charge is 0.336 e. The number of hydrogen-bond donors (Lipinski definition) is 1. The van der Waals surface area contributed by atoms with E-state index in [0.717, 1.165) is 16.7 Å². The largest absolute Gasteiger partial charge is 0.463 e. The van der Waals surface area contributed by atoms with Crippen LogP contribution in [0.5, 0.6) is 0 Å². The molecule has 1 fully saturated rings. The lowest BCUT2D eigenvalue weighted by atomic mass is 9.83. The van der Waals surface area contributed by atoms with Gasteiger partial charge in [-0.25, -0.2) is 4.79 Å². The third-order valence-electron chi connectivity index (χ3n) is 7.50. The molecule has 2 heterocycles. The van der Waals surface area contributed by atoms with E-state index in [1.54, 1.807) is 41.8 Å². The maximum Gasteiger partial charge on any atom is 0.336 e. The highest BCUT2D eigenvalue weighted by Crippen LogP contribution is 2.38. The zero-order valence-corrected chi connectivity index (χ0v) is 22.2. The maximum atomic E-state index is 13.4. The summed E-state index contributed by atoms with van der Waals surface area (Å²) in [6.07, 6.45) is 1.28. The molecule has 0 aromatic heterocycles. The Morgan fingerprint density at radius 2 is 1.71 bits per heavy atom. The van der Waals surface area contributed by atoms with Gasteiger partial charge in [-0.15, -0.1) is 0 Å². The van der Waals surface area contributed by atoms with E-state index < -0.39 is 5.97 Å². The highest BCUT2D eigenvalue weighted by atomic mass is 16.5. The molecule has 0 bridgehead atoms. The van der Waals surface area contributed by atoms with Gasteiger partial charge in [-0.2, -0.15) is 0 Å². The Hall–Kier alpha value is -3.94. The zero-order valence-electron chi connectivity index (χ0n) is 22.2. The van der Waals surface area contributed by atoms with Crippen molar-refractivity contribution in [1.82, 2.24) is 9.80 Å². The number of nitrogens with zero attached hydrogens (tertiary/aromatic N) is 2. The summed E-state index contributed by atoms with van der Waals surface area (Å²) in [5, 5.41) is 0. The molecule has 2 N–H and O–H groups in total. The molecule has 1 saturated heterocycles. The molecule has 0 radical (unpaired) electrons. The van der Waals surface area contributed by atoms with Gasteiger partial charge in [0.1, 0.15) is 0 Å². The number of primary amides is 1. The van der Waals surface area contributed by atoms with Crippen molar-refractivity contribution in [3.05, 3.63) is 82.1 Å². The summed E-state index contributed by atoms with van der Waals surface area (Å²) in [4.78, 5) is 54.4. The van der Waals surface area contributed by atoms with E-state index in [2.05, 4.69) is 0 Å². The molecule has 0 aliphatic carbocycles. The minimum absolute atomic E-state index is 0.0913. The van der Waals surface area contributed by atoms with Crippen LogP contribution in [0.3, 0.4) is 0 Å². The van der Waals surface area contributed by atoms with Crippen LogP contribution in [0.4, 0.5) is 0 Å². The van der Waals surface area contributed by atoms with E-state index in [1.165, 1.54) is 0 Å². The minimum Gasteiger partial charge on any atom is -0.463 e. The van der Waals surface area contributed by atoms with Crippen LogP contribution in [-0.2, 0) is 25.7 Å². The first-order valence-electron chi connectivity index (χ1n) is 13.1. The van der Waals surface area contributed by atoms with E-state index in [4.69, 9.17) is 10.5 Å². The lowest BCUT2D eigenvalue weighted by molar-refractivity contribution is -0.140. The van der Waals surface area contributed by atoms with Gasteiger partial charge in [0, 0.05) is 42.6 Å². The predicted molar refractivity (Wildman–Crippen MR) is 143 cm³/mol. The van der Waals surface area contributed by atoms with Crippen molar-refractivity contribution in [2.75, 3.05) is 19.7 Å². The highest BCUT2D eigenvalue weighted by molar-refractivity contribution is 5.96. The Morgan fingerprint density at radius 3 is 2.34 bits per heavy atom. The number of likely N-dealkylation sites (tertiary alicyclic amines) is 1. The summed E-state index contributed by atoms with van der Waals surface area (Å²) >= 11 is 0. The third-order valence-corrected chi connectivity index (χ3v) is 7.50. The van der Waals surface area contributed by atoms with Gasteiger partial charge in [0.05, 0.1) is 18.7 Å². The number of hydrogen-bond acceptors (Lipinski definition) is 5. The second kappa shape index (κ2) is 11.6. The van der Waals surface area contributed by atoms with Crippen LogP contribution >= 0.6 is 0 Å². The maximum absolute atomic E-state index is 13.4. The van der Waals surface area contributed by atoms with Crippen molar-refractivity contribution in [1.29, 1.82) is 0 Å². The van der Waals surface area contributed by atoms with Crippen molar-refractivity contribution in [2.45, 2.75) is 52.5 Å². The normalized spacial score (nSPS) is 18.5. The quantitative estimate of drug-likeness (QED) is 0.564. The van der Waals surface area contributed by atoms with Crippen LogP contribution in [0.25, 0.3) is 0 Å². The number of carbonyl (C=O) groups excluding carboxylic acids is 4. The topological polar surface area (TPSA) is 110 Å². The monoisotopic (exact) mass is 517 g/mol. The number of esters is 1. The summed E-state index contributed by atoms with van der Waals surface area (Å²) in [7, 11) is 0. The molecule has 2 aromatic rings. The summed E-state index contributed by atoms with van der Waals surface area (Å²) in [5.41, 5.74) is 9.78. The number of benzene rings is 2. The summed E-state index contributed by atoms with van der Waals surface area (Å²) < 4.78 is 5.39. The lowest BCUT2D eigenvalue weighted by Crippen LogP contribution is -2.41. The standard InChI is InChI=1S/C30H35N3O5/c1-4-38-30(37)27-20(3)33(26(34)17-25(27)22-10-8-19(2)9-11-22)18-21-6-5-7-24(16-21)29(36)32-14-12-23(13-15-32)28(31)35/h5-11,16,23,25H,4,12-15,17-18H2,1-3H3,(H2,31,35). The number of nitrogens with two attached hydrogens (primary N) is 1. The second-order valence-corrected chi connectivity index (χ2v) is 10.0. The summed E-state index contributed by atoms with van der Waals surface area (Å²) in [6.45, 7) is 6.97. The lowest BCUT2D eigenvalue weighted by Gasteiger charge is -2.34. The molecule has 1 atom stereocenters. The fraction of sp³-hybridized carbons (Fsp3) is 0.400. The first kappa shape index (κ1) is 27.1. The number of piperidine rings is 1. The summed E-state index contributed by atoms with van der Waals surface area (Å²) in [5.74, 6) is -1.51. The molecule has 1 unspecified atom stereocenters. The van der Waals surface area contributed by atoms with Gasteiger partial charge in [-0.05, 0) is 56.9 Å². The molecular weight excluding hydrogens is 482 g/mol. The van der Waals surface area contributed by atoms with E-state index in [9.17, 15) is 19.2 Å². The number of carbonyl (C=O) groups is 4. The number of ether oxygens (including phenoxy) is 1. The van der Waals surface area contributed by atoms with Gasteiger partial charge >= 0.3 is 5.97 Å². The van der Waals surface area contributed by atoms with Crippen molar-refractivity contribution in [3.8, 4) is 0 Å². The zero-order chi connectivity index (χ0) is 27.4. The fourth-order valence-electron chi connectivity index (χ4n) is 5.30. The van der Waals surface area contributed by atoms with E-state index >= 15 is 0 Å². The minimum atomic E-state index is -0.420. The van der Waals surface area contributed by atoms with Crippen LogP contribution in [0.2, 0.25) is 0 Å². The Bertz CT molecular complexity index is 1260. The molecule has 2 aliphatic heterocycles. The van der Waals surface area contributed by atoms with Crippen molar-refractivity contribution in [2.24, 2.45) is 11.7 Å². The van der Waals surface area contributed by atoms with Gasteiger partial charge in [0.2, 0.25) is 11.8 Å². The van der Waals surface area contributed by atoms with Gasteiger partial charge in [-0.1, -0.05) is 42.0 Å². The van der Waals surface area contributed by atoms with Crippen LogP contribution < -0.4 is 5.73 Å². The first-order valence-corrected chi connectivity index (χ1v) is 13.1. The van der Waals surface area contributed by atoms with Gasteiger partial charge in [-0.3, -0.25) is 14.4 Å². The first-order chi connectivity index (χ1) is 18.2. The number of aryl methyl sites for hydroxylation is 1. The molecule has 2 aliphatic rings. The van der Waals surface area contributed by atoms with E-state index in [1.807, 2.05) is 37.3 Å². The molecule has 0 saturated carbocycles. The molecule has 8 heteroatoms. The molecule has 0 spiro atoms. The molecule has 8 nitrogen and oxygen atoms in total. The Labute approximate surface area is 223 Å². The molecule has 3 amide bonds. The van der Waals surface area contributed by atoms with E-state index in [0.29, 0.717) is 42.8 Å². The van der Waals surface area contributed by atoms with Gasteiger partial charge < -0.3 is 20.3 Å². The van der Waals surface area contributed by atoms with Gasteiger partial charge in [0.25, 0.3) is 5.91 Å². The third kappa shape index (κ3) is 5.79. The molecule has 38 heavy (non-hydrogen) atoms. The van der Waals surface area contributed by atoms with Crippen LogP contribution in [0, 0.1) is 12.8 Å². The molecule has 2 aromatic carbocycles. The van der Waals surface area contributed by atoms with Crippen LogP contribution in [-0.4, -0.2) is 53.2 Å². The highest BCUT2D eigenvalue weighted by Gasteiger charge is 2.37. The molecular formula is C30H35N3O5. The van der Waals surface area contributed by atoms with Crippen molar-refractivity contribution >= 4 is 23.7 Å². The SMILES string of the molecule is CCOC(=O)C1=C(C)N(Cc2cccc(C(=O)N3CCC(C(N)=O)CC3)c2)C(=O)CC1c1ccc(C)cc1. The predicted octanol–water partition coefficient (Wildman–Crippen LogP) is 3.69. The van der Waals surface area contributed by atoms with E-state index in [-0.39, 0.29) is 49.1 Å². The Morgan fingerprint density at radius 1 is 1.03 bits per heavy atom. The average molecular weight is 518 g/mol. The van der Waals surface area contributed by atoms with Crippen molar-refractivity contribution in [3.63, 3.8) is 0 Å². The number of rotatable bonds is 7. The Kier molecular flexibility index (Phi) is 8.29. The Balaban J connectivity index is 1.57.